The minimum Gasteiger partial charge on any atom is -0.496 e. The average Bonchev–Trinajstić information content (AvgIpc) is 2.74. The number of fused-ring (bicyclic) bond motifs is 2. The molecule has 4 heteroatoms. The standard InChI is InChI=1S/C25H20O4/c1-14-10-24(29-3)15(2)19-7-4-17(12-22(14)19)16-5-8-20-18(11-16)6-9-21(25(27)28)23(20)13-26/h4-5,7-12H,6H2,1-3H3,(H,27,28). The van der Waals surface area contributed by atoms with Gasteiger partial charge in [-0.05, 0) is 76.6 Å². The van der Waals surface area contributed by atoms with E-state index >= 15 is 0 Å². The van der Waals surface area contributed by atoms with Crippen LogP contribution in [0.3, 0.4) is 0 Å². The summed E-state index contributed by atoms with van der Waals surface area (Å²) in [5, 5.41) is 11.6. The van der Waals surface area contributed by atoms with E-state index in [1.165, 1.54) is 5.39 Å². The first-order chi connectivity index (χ1) is 13.9. The zero-order valence-electron chi connectivity index (χ0n) is 16.5. The second-order valence-corrected chi connectivity index (χ2v) is 7.26. The van der Waals surface area contributed by atoms with Crippen molar-refractivity contribution in [2.45, 2.75) is 20.3 Å². The van der Waals surface area contributed by atoms with Crippen LogP contribution < -0.4 is 4.74 Å². The molecule has 0 atom stereocenters. The molecule has 4 nitrogen and oxygen atoms in total. The predicted octanol–water partition coefficient (Wildman–Crippen LogP) is 4.91. The lowest BCUT2D eigenvalue weighted by molar-refractivity contribution is -0.132. The van der Waals surface area contributed by atoms with E-state index in [1.54, 1.807) is 19.1 Å². The largest absolute Gasteiger partial charge is 0.496 e. The predicted molar refractivity (Wildman–Crippen MR) is 114 cm³/mol. The number of methoxy groups -OCH3 is 1. The number of hydrogen-bond acceptors (Lipinski definition) is 3. The molecule has 0 aromatic heterocycles. The fourth-order valence-electron chi connectivity index (χ4n) is 4.05. The second kappa shape index (κ2) is 7.08. The van der Waals surface area contributed by atoms with Gasteiger partial charge < -0.3 is 9.84 Å². The number of carboxylic acid groups (broad SMARTS) is 1. The van der Waals surface area contributed by atoms with Gasteiger partial charge in [0.05, 0.1) is 18.3 Å². The van der Waals surface area contributed by atoms with Crippen LogP contribution in [0.4, 0.5) is 0 Å². The van der Waals surface area contributed by atoms with E-state index in [0.29, 0.717) is 12.0 Å². The number of benzene rings is 3. The molecule has 0 heterocycles. The van der Waals surface area contributed by atoms with Crippen molar-refractivity contribution in [1.29, 1.82) is 0 Å². The van der Waals surface area contributed by atoms with E-state index in [9.17, 15) is 14.7 Å². The maximum absolute atomic E-state index is 11.4. The minimum absolute atomic E-state index is 0.0194. The maximum Gasteiger partial charge on any atom is 0.336 e. The van der Waals surface area contributed by atoms with Gasteiger partial charge in [-0.3, -0.25) is 0 Å². The van der Waals surface area contributed by atoms with Gasteiger partial charge in [0.25, 0.3) is 0 Å². The molecule has 4 rings (SSSR count). The first-order valence-corrected chi connectivity index (χ1v) is 9.35. The van der Waals surface area contributed by atoms with Crippen molar-refractivity contribution in [3.63, 3.8) is 0 Å². The first-order valence-electron chi connectivity index (χ1n) is 9.35. The Morgan fingerprint density at radius 2 is 1.76 bits per heavy atom. The Morgan fingerprint density at radius 3 is 2.45 bits per heavy atom. The van der Waals surface area contributed by atoms with Gasteiger partial charge >= 0.3 is 5.97 Å². The summed E-state index contributed by atoms with van der Waals surface area (Å²) in [4.78, 5) is 22.8. The number of ether oxygens (including phenoxy) is 1. The Bertz CT molecular complexity index is 1260. The molecule has 0 amide bonds. The highest BCUT2D eigenvalue weighted by molar-refractivity contribution is 6.14. The first kappa shape index (κ1) is 18.7. The molecule has 3 aromatic carbocycles. The van der Waals surface area contributed by atoms with E-state index in [-0.39, 0.29) is 11.1 Å². The molecule has 0 aliphatic heterocycles. The van der Waals surface area contributed by atoms with Crippen LogP contribution in [0.25, 0.3) is 27.5 Å². The van der Waals surface area contributed by atoms with Gasteiger partial charge in [0.1, 0.15) is 11.7 Å². The topological polar surface area (TPSA) is 63.6 Å². The van der Waals surface area contributed by atoms with Crippen LogP contribution >= 0.6 is 0 Å². The third kappa shape index (κ3) is 3.04. The van der Waals surface area contributed by atoms with Crippen LogP contribution in [0.15, 0.2) is 54.1 Å². The second-order valence-electron chi connectivity index (χ2n) is 7.26. The van der Waals surface area contributed by atoms with Crippen molar-refractivity contribution in [3.8, 4) is 16.9 Å². The minimum atomic E-state index is -1.10. The lowest BCUT2D eigenvalue weighted by Crippen LogP contribution is -2.10. The number of carbonyl (C=O) groups is 1. The van der Waals surface area contributed by atoms with Crippen LogP contribution in [0.2, 0.25) is 0 Å². The molecule has 0 fully saturated rings. The monoisotopic (exact) mass is 384 g/mol. The van der Waals surface area contributed by atoms with Gasteiger partial charge in [0.2, 0.25) is 0 Å². The van der Waals surface area contributed by atoms with Gasteiger partial charge in [-0.1, -0.05) is 36.4 Å². The highest BCUT2D eigenvalue weighted by Crippen LogP contribution is 2.36. The van der Waals surface area contributed by atoms with E-state index in [2.05, 4.69) is 32.0 Å². The number of carbonyl (C=O) groups excluding carboxylic acids is 1. The lowest BCUT2D eigenvalue weighted by atomic mass is 9.85. The number of hydrogen-bond donors (Lipinski definition) is 1. The Kier molecular flexibility index (Phi) is 4.57. The molecule has 1 aliphatic carbocycles. The van der Waals surface area contributed by atoms with Crippen molar-refractivity contribution in [2.75, 3.05) is 7.11 Å². The van der Waals surface area contributed by atoms with Crippen LogP contribution in [-0.2, 0) is 16.0 Å². The number of allylic oxidation sites excluding steroid dienone is 1. The molecular formula is C25H20O4. The van der Waals surface area contributed by atoms with Crippen molar-refractivity contribution >= 4 is 28.3 Å². The highest BCUT2D eigenvalue weighted by Gasteiger charge is 2.23. The van der Waals surface area contributed by atoms with E-state index in [1.807, 2.05) is 24.3 Å². The molecule has 0 radical (unpaired) electrons. The zero-order chi connectivity index (χ0) is 20.7. The quantitative estimate of drug-likeness (QED) is 0.652. The molecule has 3 aromatic rings. The molecule has 144 valence electrons. The van der Waals surface area contributed by atoms with Crippen LogP contribution in [0, 0.1) is 13.8 Å². The van der Waals surface area contributed by atoms with Crippen LogP contribution in [0.1, 0.15) is 22.3 Å². The molecule has 0 saturated heterocycles. The van der Waals surface area contributed by atoms with E-state index in [0.717, 1.165) is 39.0 Å². The molecule has 0 bridgehead atoms. The SMILES string of the molecule is COc1cc(C)c2cc(-c3ccc4c(c3)CC=C(C(=O)O)C4=C=O)ccc2c1C. The summed E-state index contributed by atoms with van der Waals surface area (Å²) in [7, 11) is 1.68. The molecule has 0 spiro atoms. The molecule has 1 N–H and O–H groups in total. The summed E-state index contributed by atoms with van der Waals surface area (Å²) in [5.41, 5.74) is 6.04. The van der Waals surface area contributed by atoms with Crippen LogP contribution in [-0.4, -0.2) is 24.1 Å². The molecular weight excluding hydrogens is 364 g/mol. The Hall–Kier alpha value is -3.62. The molecule has 0 unspecified atom stereocenters. The summed E-state index contributed by atoms with van der Waals surface area (Å²) >= 11 is 0. The van der Waals surface area contributed by atoms with Crippen molar-refractivity contribution < 1.29 is 19.4 Å². The van der Waals surface area contributed by atoms with Gasteiger partial charge in [-0.2, -0.15) is 0 Å². The van der Waals surface area contributed by atoms with E-state index in [4.69, 9.17) is 4.74 Å². The number of rotatable bonds is 3. The number of aliphatic carboxylic acids is 1. The van der Waals surface area contributed by atoms with Crippen LogP contribution in [0.5, 0.6) is 5.75 Å². The highest BCUT2D eigenvalue weighted by atomic mass is 16.5. The van der Waals surface area contributed by atoms with E-state index < -0.39 is 5.97 Å². The van der Waals surface area contributed by atoms with Gasteiger partial charge in [0.15, 0.2) is 0 Å². The molecule has 29 heavy (non-hydrogen) atoms. The summed E-state index contributed by atoms with van der Waals surface area (Å²) in [6, 6.07) is 14.2. The summed E-state index contributed by atoms with van der Waals surface area (Å²) in [6.07, 6.45) is 2.05. The summed E-state index contributed by atoms with van der Waals surface area (Å²) in [5.74, 6) is 1.58. The summed E-state index contributed by atoms with van der Waals surface area (Å²) in [6.45, 7) is 4.12. The van der Waals surface area contributed by atoms with Gasteiger partial charge in [0, 0.05) is 0 Å². The zero-order valence-corrected chi connectivity index (χ0v) is 16.5. The van der Waals surface area contributed by atoms with Gasteiger partial charge in [-0.25, -0.2) is 9.59 Å². The van der Waals surface area contributed by atoms with Crippen molar-refractivity contribution in [2.24, 2.45) is 0 Å². The number of carboxylic acids is 1. The average molecular weight is 384 g/mol. The number of aryl methyl sites for hydroxylation is 2. The third-order valence-corrected chi connectivity index (χ3v) is 5.62. The van der Waals surface area contributed by atoms with Crippen molar-refractivity contribution in [3.05, 3.63) is 76.4 Å². The lowest BCUT2D eigenvalue weighted by Gasteiger charge is -2.17. The maximum atomic E-state index is 11.4. The third-order valence-electron chi connectivity index (χ3n) is 5.62. The molecule has 0 saturated carbocycles. The summed E-state index contributed by atoms with van der Waals surface area (Å²) < 4.78 is 5.48. The Morgan fingerprint density at radius 1 is 1.03 bits per heavy atom. The van der Waals surface area contributed by atoms with Gasteiger partial charge in [-0.15, -0.1) is 0 Å². The van der Waals surface area contributed by atoms with Crippen molar-refractivity contribution in [1.82, 2.24) is 0 Å². The Labute approximate surface area is 168 Å². The smallest absolute Gasteiger partial charge is 0.336 e. The fourth-order valence-corrected chi connectivity index (χ4v) is 4.05. The Balaban J connectivity index is 1.82. The fraction of sp³-hybridized carbons (Fsp3) is 0.160. The molecule has 1 aliphatic rings. The normalized spacial score (nSPS) is 12.9.